The largest absolute Gasteiger partial charge is 0.547 e. The molecule has 25 heteroatoms. The number of anilines is 4. The molecule has 0 radical (unpaired) electrons. The number of aromatic carboxylic acids is 1. The van der Waals surface area contributed by atoms with Crippen LogP contribution in [-0.2, 0) is 28.2 Å². The molecule has 14 rings (SSSR count). The van der Waals surface area contributed by atoms with Crippen molar-refractivity contribution in [1.82, 2.24) is 14.7 Å². The molecule has 0 bridgehead atoms. The minimum Gasteiger partial charge on any atom is -0.547 e. The molecule has 0 spiro atoms. The average Bonchev–Trinajstić information content (AvgIpc) is 1.66. The first-order valence-corrected chi connectivity index (χ1v) is 47.1. The topological polar surface area (TPSA) is 218 Å². The van der Waals surface area contributed by atoms with E-state index < -0.39 is 14.3 Å². The number of likely N-dealkylation sites (tertiary alicyclic amines) is 3. The van der Waals surface area contributed by atoms with Crippen molar-refractivity contribution in [3.05, 3.63) is 177 Å². The number of carboxylic acids is 1. The van der Waals surface area contributed by atoms with Gasteiger partial charge in [0.05, 0.1) is 70.0 Å². The fourth-order valence-electron chi connectivity index (χ4n) is 15.5. The van der Waals surface area contributed by atoms with Crippen molar-refractivity contribution in [2.24, 2.45) is 23.7 Å². The van der Waals surface area contributed by atoms with Crippen LogP contribution in [0, 0.1) is 23.7 Å². The Morgan fingerprint density at radius 1 is 0.487 bits per heavy atom. The third-order valence-electron chi connectivity index (χ3n) is 22.3. The number of nitrogens with two attached hydrogens (primary N) is 1. The lowest BCUT2D eigenvalue weighted by Crippen LogP contribution is -3.10. The smallest absolute Gasteiger partial charge is 0.350 e. The lowest BCUT2D eigenvalue weighted by Gasteiger charge is -2.39. The first kappa shape index (κ1) is 90.9. The molecule has 4 aliphatic heterocycles. The van der Waals surface area contributed by atoms with E-state index in [1.807, 2.05) is 131 Å². The first-order chi connectivity index (χ1) is 54.8. The van der Waals surface area contributed by atoms with Crippen LogP contribution in [0.25, 0.3) is 41.8 Å². The lowest BCUT2D eigenvalue weighted by molar-refractivity contribution is -0.884. The molecule has 6 aliphatic rings. The summed E-state index contributed by atoms with van der Waals surface area (Å²) in [6, 6.07) is 48.3. The lowest BCUT2D eigenvalue weighted by atomic mass is 9.82. The van der Waals surface area contributed by atoms with Gasteiger partial charge in [-0.15, -0.1) is 57.8 Å². The van der Waals surface area contributed by atoms with Crippen molar-refractivity contribution in [3.63, 3.8) is 0 Å². The van der Waals surface area contributed by atoms with Crippen molar-refractivity contribution in [2.75, 3.05) is 123 Å². The summed E-state index contributed by atoms with van der Waals surface area (Å²) in [4.78, 5) is 94.5. The van der Waals surface area contributed by atoms with Crippen LogP contribution >= 0.6 is 57.8 Å². The number of nitrogen functional groups attached to an aromatic ring is 1. The fourth-order valence-corrected chi connectivity index (χ4v) is 20.6. The zero-order valence-electron chi connectivity index (χ0n) is 69.1. The molecule has 19 nitrogen and oxygen atoms in total. The minimum atomic E-state index is -1.35. The number of benzene rings is 4. The number of piperidine rings is 3. The number of hydrogen-bond donors (Lipinski definition) is 4. The Morgan fingerprint density at radius 3 is 1.28 bits per heavy atom. The first-order valence-electron chi connectivity index (χ1n) is 40.5. The summed E-state index contributed by atoms with van der Waals surface area (Å²) in [5.41, 5.74) is 12.7. The van der Waals surface area contributed by atoms with Crippen molar-refractivity contribution < 1.29 is 57.4 Å². The Morgan fingerprint density at radius 2 is 0.861 bits per heavy atom. The van der Waals surface area contributed by atoms with Crippen molar-refractivity contribution in [3.8, 4) is 41.8 Å². The predicted molar refractivity (Wildman–Crippen MR) is 478 cm³/mol. The van der Waals surface area contributed by atoms with E-state index in [2.05, 4.69) is 111 Å². The minimum absolute atomic E-state index is 0. The summed E-state index contributed by atoms with van der Waals surface area (Å²) >= 11 is 5.54. The van der Waals surface area contributed by atoms with E-state index in [-0.39, 0.29) is 70.9 Å². The second-order valence-corrected chi connectivity index (χ2v) is 41.0. The zero-order chi connectivity index (χ0) is 81.6. The maximum absolute atomic E-state index is 14.0. The van der Waals surface area contributed by atoms with Gasteiger partial charge < -0.3 is 64.2 Å². The molecule has 2 saturated carbocycles. The molecule has 620 valence electrons. The highest BCUT2D eigenvalue weighted by atomic mass is 35.5. The number of nitrogens with zero attached hydrogens (tertiary/aromatic N) is 5. The number of methoxy groups -OCH3 is 3. The Bertz CT molecular complexity index is 4440. The number of carbonyl (C=O) groups is 6. The van der Waals surface area contributed by atoms with Gasteiger partial charge >= 0.3 is 23.9 Å². The molecule has 5 N–H and O–H groups in total. The highest BCUT2D eigenvalue weighted by Gasteiger charge is 2.40. The average molecular weight is 1680 g/mol. The van der Waals surface area contributed by atoms with E-state index >= 15 is 0 Å². The third kappa shape index (κ3) is 25.7. The van der Waals surface area contributed by atoms with Gasteiger partial charge in [0, 0.05) is 81.8 Å². The summed E-state index contributed by atoms with van der Waals surface area (Å²) in [6.45, 7) is 19.5. The van der Waals surface area contributed by atoms with Gasteiger partial charge in [0.1, 0.15) is 19.5 Å². The molecule has 2 aliphatic carbocycles. The molecule has 0 unspecified atom stereocenters. The number of carboxylic acid groups (broad SMARTS) is 1. The van der Waals surface area contributed by atoms with Crippen LogP contribution < -0.4 is 25.8 Å². The quantitative estimate of drug-likeness (QED) is 0.0357. The van der Waals surface area contributed by atoms with E-state index in [1.54, 1.807) is 6.07 Å². The van der Waals surface area contributed by atoms with Crippen molar-refractivity contribution in [1.29, 1.82) is 0 Å². The number of carbonyl (C=O) groups excluding carboxylic acids is 5. The Balaban J connectivity index is 0.000000171. The number of amides is 2. The fraction of sp³-hybridized carbons (Fsp3) is 0.467. The van der Waals surface area contributed by atoms with Gasteiger partial charge in [-0.25, -0.2) is 19.2 Å². The third-order valence-corrected chi connectivity index (χ3v) is 27.8. The summed E-state index contributed by atoms with van der Waals surface area (Å²) < 4.78 is 20.7. The molecule has 8 heterocycles. The van der Waals surface area contributed by atoms with Gasteiger partial charge in [0.2, 0.25) is 20.1 Å². The number of thiophene rings is 4. The zero-order valence-corrected chi connectivity index (χ0v) is 74.2. The van der Waals surface area contributed by atoms with Crippen LogP contribution in [0.2, 0.25) is 19.6 Å². The molecule has 5 fully saturated rings. The molecular weight excluding hydrogens is 1560 g/mol. The number of nitrogens with one attached hydrogen (secondary N) is 2. The standard InChI is InChI=1S/C26H34N2O3S.C25H32N2O3S.C18H22N2O2S.C12H11NO2S.C9H19NOSi.ClH/c1-18-9-11-20(12-10-18)25(29)28(21-13-15-27(2)16-14-21)22-17-23(19-7-5-4-6-8-19)32-24(22)26(30)31-3;1-17-8-10-19(11-9-17)24(28)27(20-12-14-26(2)15-13-20)21-16-22(31-23(21)25(29)30)18-6-4-3-5-7-18;1-20-10-8-14(9-11-20)19-15-12-16(13-6-4-3-5-7-13)23-17(15)18(21)22-2;1-15-12(14)11-9(13)7-10(16-11)8-5-3-2-4-6-8;1-10-7-5-9(6-8-10)11-12(2,3)4;/h4-8,17-18,20-21H,9-16H2,1-3H3;3-7,16-17,19-20H,8-15H2,1-2H3,(H,29,30);3-7,12,14,19H,8-11H2,1-2H3;2-7H,13H2,1H3;5H,6-8H2,1-4H3;1H/p+1. The van der Waals surface area contributed by atoms with Gasteiger partial charge in [0.25, 0.3) is 0 Å². The van der Waals surface area contributed by atoms with E-state index in [1.165, 1.54) is 77.3 Å². The normalized spacial score (nSPS) is 20.2. The number of esters is 3. The second-order valence-electron chi connectivity index (χ2n) is 32.3. The molecular formula is C90H120ClN8O11S4Si+. The van der Waals surface area contributed by atoms with E-state index in [0.717, 1.165) is 202 Å². The number of hydrogen-bond acceptors (Lipinski definition) is 19. The van der Waals surface area contributed by atoms with Crippen molar-refractivity contribution in [2.45, 2.75) is 148 Å². The van der Waals surface area contributed by atoms with E-state index in [4.69, 9.17) is 19.6 Å². The maximum atomic E-state index is 14.0. The van der Waals surface area contributed by atoms with Crippen LogP contribution in [0.1, 0.15) is 149 Å². The monoisotopic (exact) mass is 1680 g/mol. The molecule has 8 aromatic rings. The number of halogens is 1. The van der Waals surface area contributed by atoms with Crippen LogP contribution in [-0.4, -0.2) is 184 Å². The van der Waals surface area contributed by atoms with Crippen LogP contribution in [0.5, 0.6) is 0 Å². The molecule has 4 aromatic heterocycles. The Hall–Kier alpha value is -8.01. The van der Waals surface area contributed by atoms with Crippen LogP contribution in [0.4, 0.5) is 22.7 Å². The van der Waals surface area contributed by atoms with Gasteiger partial charge in [-0.3, -0.25) is 9.59 Å². The summed E-state index contributed by atoms with van der Waals surface area (Å²) in [5.74, 6) is 0.972. The number of likely N-dealkylation sites (N-methyl/N-ethyl adjacent to an activating group) is 1. The highest BCUT2D eigenvalue weighted by molar-refractivity contribution is 7.19. The van der Waals surface area contributed by atoms with Crippen LogP contribution in [0.3, 0.4) is 0 Å². The summed E-state index contributed by atoms with van der Waals surface area (Å²) in [5, 5.41) is 13.6. The van der Waals surface area contributed by atoms with Gasteiger partial charge in [0.15, 0.2) is 0 Å². The molecule has 4 aromatic carbocycles. The van der Waals surface area contributed by atoms with Gasteiger partial charge in [-0.2, -0.15) is 0 Å². The van der Waals surface area contributed by atoms with Crippen LogP contribution in [0.15, 0.2) is 157 Å². The second kappa shape index (κ2) is 44.0. The molecule has 3 saturated heterocycles. The molecule has 2 amide bonds. The Kier molecular flexibility index (Phi) is 34.8. The number of quaternary nitrogens is 1. The SMILES string of the molecule is CC1CCC(C(=O)N(c2cc(-c3ccccc3)sc2C(=O)O)C2CC[NH+](C)CC2)CC1.CN1CC=C(O[Si](C)(C)C)CC1.COC(=O)c1sc(-c2ccccc2)cc1N.COC(=O)c1sc(-c2ccccc2)cc1N(C(=O)C1CCC(C)CC1)C1CCN(C)CC1.COC(=O)c1sc(-c2ccccc2)cc1NC1CCN(C)CC1.Cl. The predicted octanol–water partition coefficient (Wildman–Crippen LogP) is 18.4. The van der Waals surface area contributed by atoms with E-state index in [0.29, 0.717) is 43.9 Å². The number of rotatable bonds is 18. The molecule has 0 atom stereocenters. The summed E-state index contributed by atoms with van der Waals surface area (Å²) in [7, 11) is 11.4. The van der Waals surface area contributed by atoms with E-state index in [9.17, 15) is 33.9 Å². The molecule has 115 heavy (non-hydrogen) atoms. The number of ether oxygens (including phenoxy) is 3. The van der Waals surface area contributed by atoms with Gasteiger partial charge in [-0.1, -0.05) is 135 Å². The maximum Gasteiger partial charge on any atom is 0.350 e. The van der Waals surface area contributed by atoms with Gasteiger partial charge in [-0.05, 0) is 208 Å². The highest BCUT2D eigenvalue weighted by Crippen LogP contribution is 2.45. The summed E-state index contributed by atoms with van der Waals surface area (Å²) in [6.07, 6.45) is 17.2. The Labute approximate surface area is 704 Å². The van der Waals surface area contributed by atoms with Crippen molar-refractivity contribution >= 4 is 125 Å².